The van der Waals surface area contributed by atoms with Crippen LogP contribution in [0.5, 0.6) is 0 Å². The Morgan fingerprint density at radius 2 is 2.00 bits per heavy atom. The molecule has 0 aromatic heterocycles. The average molecular weight is 169 g/mol. The lowest BCUT2D eigenvalue weighted by Gasteiger charge is -2.31. The summed E-state index contributed by atoms with van der Waals surface area (Å²) in [6.07, 6.45) is 1.79. The van der Waals surface area contributed by atoms with Gasteiger partial charge in [0.2, 0.25) is 5.91 Å². The minimum Gasteiger partial charge on any atom is -0.337 e. The van der Waals surface area contributed by atoms with Crippen LogP contribution in [0.4, 0.5) is 0 Å². The van der Waals surface area contributed by atoms with Crippen LogP contribution in [0.3, 0.4) is 0 Å². The Balaban J connectivity index is 2.65. The van der Waals surface area contributed by atoms with Crippen LogP contribution in [0.15, 0.2) is 0 Å². The van der Waals surface area contributed by atoms with Gasteiger partial charge in [0, 0.05) is 18.5 Å². The second-order valence-electron chi connectivity index (χ2n) is 4.17. The van der Waals surface area contributed by atoms with Crippen LogP contribution >= 0.6 is 0 Å². The zero-order valence-electron chi connectivity index (χ0n) is 8.50. The second kappa shape index (κ2) is 3.46. The van der Waals surface area contributed by atoms with Gasteiger partial charge in [0.1, 0.15) is 0 Å². The van der Waals surface area contributed by atoms with E-state index in [0.717, 1.165) is 12.8 Å². The van der Waals surface area contributed by atoms with Gasteiger partial charge in [-0.1, -0.05) is 13.8 Å². The van der Waals surface area contributed by atoms with Crippen LogP contribution in [-0.2, 0) is 4.79 Å². The van der Waals surface area contributed by atoms with Crippen molar-refractivity contribution in [2.24, 2.45) is 5.92 Å². The fourth-order valence-corrected chi connectivity index (χ4v) is 1.80. The molecule has 0 bridgehead atoms. The van der Waals surface area contributed by atoms with Crippen LogP contribution in [0, 0.1) is 5.92 Å². The van der Waals surface area contributed by atoms with E-state index in [1.165, 1.54) is 0 Å². The fraction of sp³-hybridized carbons (Fsp3) is 0.900. The molecule has 0 aromatic carbocycles. The van der Waals surface area contributed by atoms with E-state index in [0.29, 0.717) is 23.9 Å². The average Bonchev–Trinajstić information content (AvgIpc) is 2.30. The van der Waals surface area contributed by atoms with Crippen molar-refractivity contribution in [3.63, 3.8) is 0 Å². The van der Waals surface area contributed by atoms with Gasteiger partial charge in [0.15, 0.2) is 0 Å². The molecule has 1 aliphatic heterocycles. The summed E-state index contributed by atoms with van der Waals surface area (Å²) in [5.41, 5.74) is 0. The maximum atomic E-state index is 11.5. The molecule has 12 heavy (non-hydrogen) atoms. The van der Waals surface area contributed by atoms with Crippen molar-refractivity contribution in [3.8, 4) is 0 Å². The highest BCUT2D eigenvalue weighted by molar-refractivity contribution is 5.79. The number of likely N-dealkylation sites (tertiary alicyclic amines) is 1. The number of hydrogen-bond acceptors (Lipinski definition) is 1. The quantitative estimate of drug-likeness (QED) is 0.619. The number of nitrogens with zero attached hydrogens (tertiary/aromatic N) is 1. The van der Waals surface area contributed by atoms with Crippen LogP contribution in [-0.4, -0.2) is 22.9 Å². The van der Waals surface area contributed by atoms with E-state index in [1.807, 2.05) is 4.90 Å². The van der Waals surface area contributed by atoms with Crippen molar-refractivity contribution in [2.45, 2.75) is 52.6 Å². The van der Waals surface area contributed by atoms with Gasteiger partial charge < -0.3 is 4.90 Å². The summed E-state index contributed by atoms with van der Waals surface area (Å²) in [5, 5.41) is 0. The van der Waals surface area contributed by atoms with E-state index < -0.39 is 0 Å². The fourth-order valence-electron chi connectivity index (χ4n) is 1.80. The molecule has 1 rings (SSSR count). The molecule has 1 fully saturated rings. The molecule has 2 atom stereocenters. The normalized spacial score (nSPS) is 26.9. The zero-order valence-corrected chi connectivity index (χ0v) is 8.50. The number of carbonyl (C=O) groups is 1. The Morgan fingerprint density at radius 1 is 1.42 bits per heavy atom. The van der Waals surface area contributed by atoms with Gasteiger partial charge in [0.05, 0.1) is 0 Å². The third-order valence-electron chi connectivity index (χ3n) is 2.94. The summed E-state index contributed by atoms with van der Waals surface area (Å²) in [6, 6.07) is 0.852. The number of amides is 1. The molecule has 1 amide bonds. The summed E-state index contributed by atoms with van der Waals surface area (Å²) in [4.78, 5) is 13.5. The molecule has 70 valence electrons. The highest BCUT2D eigenvalue weighted by Gasteiger charge is 2.32. The van der Waals surface area contributed by atoms with Gasteiger partial charge in [0.25, 0.3) is 0 Å². The molecule has 2 nitrogen and oxygen atoms in total. The summed E-state index contributed by atoms with van der Waals surface area (Å²) in [7, 11) is 0. The molecular formula is C10H19NO. The van der Waals surface area contributed by atoms with E-state index in [9.17, 15) is 4.79 Å². The van der Waals surface area contributed by atoms with Gasteiger partial charge in [-0.05, 0) is 26.2 Å². The van der Waals surface area contributed by atoms with Gasteiger partial charge in [-0.2, -0.15) is 0 Å². The first kappa shape index (κ1) is 9.56. The van der Waals surface area contributed by atoms with E-state index in [2.05, 4.69) is 27.7 Å². The van der Waals surface area contributed by atoms with Crippen molar-refractivity contribution in [3.05, 3.63) is 0 Å². The first-order valence-electron chi connectivity index (χ1n) is 4.85. The SMILES string of the molecule is CC(C)[C@@H](C)N1C(=O)CCC1C. The molecule has 2 heteroatoms. The predicted molar refractivity (Wildman–Crippen MR) is 49.8 cm³/mol. The second-order valence-corrected chi connectivity index (χ2v) is 4.17. The summed E-state index contributed by atoms with van der Waals surface area (Å²) in [6.45, 7) is 8.63. The van der Waals surface area contributed by atoms with Crippen molar-refractivity contribution in [1.82, 2.24) is 4.90 Å². The molecule has 0 radical (unpaired) electrons. The Labute approximate surface area is 74.9 Å². The summed E-state index contributed by atoms with van der Waals surface area (Å²) in [5.74, 6) is 0.901. The maximum absolute atomic E-state index is 11.5. The Hall–Kier alpha value is -0.530. The van der Waals surface area contributed by atoms with Gasteiger partial charge in [-0.25, -0.2) is 0 Å². The molecule has 1 unspecified atom stereocenters. The minimum atomic E-state index is 0.337. The van der Waals surface area contributed by atoms with E-state index >= 15 is 0 Å². The Kier molecular flexibility index (Phi) is 2.76. The molecule has 0 aromatic rings. The van der Waals surface area contributed by atoms with Crippen molar-refractivity contribution in [1.29, 1.82) is 0 Å². The molecule has 0 aliphatic carbocycles. The topological polar surface area (TPSA) is 20.3 Å². The Bertz CT molecular complexity index is 177. The molecule has 0 saturated carbocycles. The Morgan fingerprint density at radius 3 is 2.33 bits per heavy atom. The lowest BCUT2D eigenvalue weighted by Crippen LogP contribution is -2.41. The summed E-state index contributed by atoms with van der Waals surface area (Å²) >= 11 is 0. The van der Waals surface area contributed by atoms with Crippen LogP contribution in [0.25, 0.3) is 0 Å². The van der Waals surface area contributed by atoms with Crippen molar-refractivity contribution in [2.75, 3.05) is 0 Å². The highest BCUT2D eigenvalue weighted by atomic mass is 16.2. The number of carbonyl (C=O) groups excluding carboxylic acids is 1. The minimum absolute atomic E-state index is 0.337. The smallest absolute Gasteiger partial charge is 0.223 e. The third kappa shape index (κ3) is 1.62. The van der Waals surface area contributed by atoms with E-state index in [1.54, 1.807) is 0 Å². The largest absolute Gasteiger partial charge is 0.337 e. The van der Waals surface area contributed by atoms with Crippen LogP contribution in [0.1, 0.15) is 40.5 Å². The standard InChI is InChI=1S/C10H19NO/c1-7(2)9(4)11-8(3)5-6-10(11)12/h7-9H,5-6H2,1-4H3/t8?,9-/m1/s1. The molecular weight excluding hydrogens is 150 g/mol. The molecule has 0 spiro atoms. The summed E-state index contributed by atoms with van der Waals surface area (Å²) < 4.78 is 0. The van der Waals surface area contributed by atoms with Crippen LogP contribution < -0.4 is 0 Å². The van der Waals surface area contributed by atoms with Crippen LogP contribution in [0.2, 0.25) is 0 Å². The van der Waals surface area contributed by atoms with Crippen molar-refractivity contribution < 1.29 is 4.79 Å². The number of rotatable bonds is 2. The van der Waals surface area contributed by atoms with E-state index in [4.69, 9.17) is 0 Å². The lowest BCUT2D eigenvalue weighted by molar-refractivity contribution is -0.131. The molecule has 1 saturated heterocycles. The van der Waals surface area contributed by atoms with Gasteiger partial charge in [-0.3, -0.25) is 4.79 Å². The number of hydrogen-bond donors (Lipinski definition) is 0. The lowest BCUT2D eigenvalue weighted by atomic mass is 10.0. The first-order chi connectivity index (χ1) is 5.54. The third-order valence-corrected chi connectivity index (χ3v) is 2.94. The highest BCUT2D eigenvalue weighted by Crippen LogP contribution is 2.23. The first-order valence-corrected chi connectivity index (χ1v) is 4.85. The van der Waals surface area contributed by atoms with Gasteiger partial charge in [-0.15, -0.1) is 0 Å². The molecule has 1 heterocycles. The molecule has 0 N–H and O–H groups in total. The monoisotopic (exact) mass is 169 g/mol. The van der Waals surface area contributed by atoms with Gasteiger partial charge >= 0.3 is 0 Å². The predicted octanol–water partition coefficient (Wildman–Crippen LogP) is 2.04. The van der Waals surface area contributed by atoms with E-state index in [-0.39, 0.29) is 0 Å². The van der Waals surface area contributed by atoms with Crippen molar-refractivity contribution >= 4 is 5.91 Å². The maximum Gasteiger partial charge on any atom is 0.223 e. The molecule has 1 aliphatic rings. The zero-order chi connectivity index (χ0) is 9.30.